The fraction of sp³-hybridized carbons (Fsp3) is 0. The molecule has 0 saturated carbocycles. The smallest absolute Gasteiger partial charge is 0.162 e. The molecule has 0 aliphatic rings. The number of phenols is 1. The Balaban J connectivity index is 1.67. The zero-order chi connectivity index (χ0) is 18.2. The topological polar surface area (TPSA) is 73.8 Å². The van der Waals surface area contributed by atoms with E-state index in [0.717, 1.165) is 33.1 Å². The van der Waals surface area contributed by atoms with Crippen molar-refractivity contribution in [2.24, 2.45) is 0 Å². The predicted molar refractivity (Wildman–Crippen MR) is 108 cm³/mol. The summed E-state index contributed by atoms with van der Waals surface area (Å²) < 4.78 is 0. The molecule has 0 fully saturated rings. The van der Waals surface area contributed by atoms with E-state index in [1.165, 1.54) is 0 Å². The van der Waals surface area contributed by atoms with Crippen LogP contribution < -0.4 is 5.32 Å². The summed E-state index contributed by atoms with van der Waals surface area (Å²) in [7, 11) is 0. The Hall–Kier alpha value is -3.86. The van der Waals surface area contributed by atoms with Crippen LogP contribution in [0.4, 0.5) is 11.5 Å². The molecule has 0 bridgehead atoms. The van der Waals surface area contributed by atoms with Gasteiger partial charge in [0.15, 0.2) is 5.82 Å². The Labute approximate surface area is 155 Å². The van der Waals surface area contributed by atoms with Gasteiger partial charge in [-0.2, -0.15) is 0 Å². The van der Waals surface area contributed by atoms with E-state index in [2.05, 4.69) is 21.4 Å². The van der Waals surface area contributed by atoms with Crippen LogP contribution in [0.2, 0.25) is 0 Å². The van der Waals surface area contributed by atoms with Gasteiger partial charge in [0.1, 0.15) is 11.6 Å². The van der Waals surface area contributed by atoms with Crippen molar-refractivity contribution in [2.45, 2.75) is 0 Å². The largest absolute Gasteiger partial charge is 0.508 e. The molecule has 130 valence electrons. The van der Waals surface area contributed by atoms with Gasteiger partial charge in [-0.15, -0.1) is 0 Å². The van der Waals surface area contributed by atoms with Gasteiger partial charge in [-0.25, -0.2) is 9.97 Å². The van der Waals surface area contributed by atoms with Crippen LogP contribution >= 0.6 is 0 Å². The molecule has 2 heterocycles. The Morgan fingerprint density at radius 1 is 0.852 bits per heavy atom. The first-order chi connectivity index (χ1) is 13.3. The molecule has 5 nitrogen and oxygen atoms in total. The van der Waals surface area contributed by atoms with E-state index in [1.54, 1.807) is 18.2 Å². The molecule has 0 aliphatic carbocycles. The van der Waals surface area contributed by atoms with Crippen LogP contribution in [0.5, 0.6) is 5.75 Å². The van der Waals surface area contributed by atoms with Gasteiger partial charge in [0.25, 0.3) is 0 Å². The van der Waals surface area contributed by atoms with E-state index >= 15 is 0 Å². The Morgan fingerprint density at radius 3 is 2.63 bits per heavy atom. The average Bonchev–Trinajstić information content (AvgIpc) is 3.17. The van der Waals surface area contributed by atoms with Crippen LogP contribution in [0.15, 0.2) is 79.0 Å². The second-order valence-corrected chi connectivity index (χ2v) is 6.37. The molecule has 3 N–H and O–H groups in total. The fourth-order valence-corrected chi connectivity index (χ4v) is 3.20. The third-order valence-electron chi connectivity index (χ3n) is 4.53. The van der Waals surface area contributed by atoms with Crippen molar-refractivity contribution in [1.29, 1.82) is 0 Å². The molecule has 3 aromatic carbocycles. The fourth-order valence-electron chi connectivity index (χ4n) is 3.20. The second kappa shape index (κ2) is 6.14. The van der Waals surface area contributed by atoms with E-state index < -0.39 is 0 Å². The molecule has 0 radical (unpaired) electrons. The van der Waals surface area contributed by atoms with Gasteiger partial charge in [0.2, 0.25) is 0 Å². The molecule has 2 aromatic heterocycles. The Kier molecular flexibility index (Phi) is 3.50. The zero-order valence-corrected chi connectivity index (χ0v) is 14.3. The van der Waals surface area contributed by atoms with Crippen LogP contribution in [0.25, 0.3) is 33.2 Å². The summed E-state index contributed by atoms with van der Waals surface area (Å²) in [6.45, 7) is 0. The highest BCUT2D eigenvalue weighted by atomic mass is 16.3. The predicted octanol–water partition coefficient (Wildman–Crippen LogP) is 5.23. The monoisotopic (exact) mass is 352 g/mol. The summed E-state index contributed by atoms with van der Waals surface area (Å²) >= 11 is 0. The third-order valence-corrected chi connectivity index (χ3v) is 4.53. The first kappa shape index (κ1) is 15.4. The summed E-state index contributed by atoms with van der Waals surface area (Å²) in [5.74, 6) is 1.48. The Morgan fingerprint density at radius 2 is 1.74 bits per heavy atom. The number of hydrogen-bond donors (Lipinski definition) is 3. The minimum Gasteiger partial charge on any atom is -0.508 e. The number of fused-ring (bicyclic) bond motifs is 2. The number of aromatic nitrogens is 3. The molecular formula is C22H16N4O. The number of benzene rings is 3. The van der Waals surface area contributed by atoms with Crippen molar-refractivity contribution >= 4 is 33.3 Å². The number of anilines is 2. The second-order valence-electron chi connectivity index (χ2n) is 6.37. The van der Waals surface area contributed by atoms with Gasteiger partial charge < -0.3 is 15.4 Å². The lowest BCUT2D eigenvalue weighted by Gasteiger charge is -2.12. The lowest BCUT2D eigenvalue weighted by Crippen LogP contribution is -1.99. The maximum absolute atomic E-state index is 9.93. The van der Waals surface area contributed by atoms with Gasteiger partial charge in [0.05, 0.1) is 5.52 Å². The SMILES string of the molecule is Oc1ccc2nc(-c3ccccc3)nc(Nc3ccc4[nH]ccc4c3)c2c1. The summed E-state index contributed by atoms with van der Waals surface area (Å²) in [4.78, 5) is 12.6. The van der Waals surface area contributed by atoms with E-state index in [4.69, 9.17) is 4.98 Å². The molecule has 0 atom stereocenters. The standard InChI is InChI=1S/C22H16N4O/c27-17-7-9-20-18(13-17)22(26-21(25-20)14-4-2-1-3-5-14)24-16-6-8-19-15(12-16)10-11-23-19/h1-13,23,27H,(H,24,25,26). The zero-order valence-electron chi connectivity index (χ0n) is 14.3. The molecule has 0 saturated heterocycles. The van der Waals surface area contributed by atoms with Gasteiger partial charge >= 0.3 is 0 Å². The lowest BCUT2D eigenvalue weighted by molar-refractivity contribution is 0.476. The average molecular weight is 352 g/mol. The number of nitrogens with zero attached hydrogens (tertiary/aromatic N) is 2. The highest BCUT2D eigenvalue weighted by Gasteiger charge is 2.11. The molecule has 0 spiro atoms. The van der Waals surface area contributed by atoms with E-state index in [1.807, 2.05) is 54.7 Å². The van der Waals surface area contributed by atoms with Gasteiger partial charge in [-0.1, -0.05) is 30.3 Å². The van der Waals surface area contributed by atoms with Crippen LogP contribution in [0.3, 0.4) is 0 Å². The molecule has 0 aliphatic heterocycles. The molecule has 27 heavy (non-hydrogen) atoms. The van der Waals surface area contributed by atoms with Gasteiger partial charge in [0, 0.05) is 33.7 Å². The van der Waals surface area contributed by atoms with E-state index in [9.17, 15) is 5.11 Å². The third kappa shape index (κ3) is 2.85. The number of aromatic amines is 1. The van der Waals surface area contributed by atoms with Crippen molar-refractivity contribution in [1.82, 2.24) is 15.0 Å². The van der Waals surface area contributed by atoms with Crippen molar-refractivity contribution in [3.05, 3.63) is 79.0 Å². The quantitative estimate of drug-likeness (QED) is 0.416. The lowest BCUT2D eigenvalue weighted by atomic mass is 10.1. The molecule has 0 unspecified atom stereocenters. The highest BCUT2D eigenvalue weighted by Crippen LogP contribution is 2.30. The molecular weight excluding hydrogens is 336 g/mol. The number of aromatic hydroxyl groups is 1. The minimum atomic E-state index is 0.183. The van der Waals surface area contributed by atoms with Crippen LogP contribution in [0.1, 0.15) is 0 Å². The van der Waals surface area contributed by atoms with Crippen molar-refractivity contribution in [3.63, 3.8) is 0 Å². The normalized spacial score (nSPS) is 11.1. The number of hydrogen-bond acceptors (Lipinski definition) is 4. The van der Waals surface area contributed by atoms with Gasteiger partial charge in [-0.05, 0) is 42.5 Å². The van der Waals surface area contributed by atoms with E-state index in [0.29, 0.717) is 11.6 Å². The van der Waals surface area contributed by atoms with Crippen LogP contribution in [0, 0.1) is 0 Å². The van der Waals surface area contributed by atoms with Crippen molar-refractivity contribution < 1.29 is 5.11 Å². The minimum absolute atomic E-state index is 0.183. The maximum Gasteiger partial charge on any atom is 0.162 e. The molecule has 5 rings (SSSR count). The highest BCUT2D eigenvalue weighted by molar-refractivity contribution is 5.94. The molecule has 5 heteroatoms. The van der Waals surface area contributed by atoms with Crippen LogP contribution in [-0.2, 0) is 0 Å². The van der Waals surface area contributed by atoms with Crippen molar-refractivity contribution in [2.75, 3.05) is 5.32 Å². The first-order valence-electron chi connectivity index (χ1n) is 8.67. The number of rotatable bonds is 3. The number of phenolic OH excluding ortho intramolecular Hbond substituents is 1. The summed E-state index contributed by atoms with van der Waals surface area (Å²) in [5, 5.41) is 15.2. The summed E-state index contributed by atoms with van der Waals surface area (Å²) in [5.41, 5.74) is 3.71. The van der Waals surface area contributed by atoms with Crippen LogP contribution in [-0.4, -0.2) is 20.1 Å². The van der Waals surface area contributed by atoms with Gasteiger partial charge in [-0.3, -0.25) is 0 Å². The molecule has 0 amide bonds. The van der Waals surface area contributed by atoms with Crippen molar-refractivity contribution in [3.8, 4) is 17.1 Å². The maximum atomic E-state index is 9.93. The molecule has 5 aromatic rings. The summed E-state index contributed by atoms with van der Waals surface area (Å²) in [6.07, 6.45) is 1.92. The number of nitrogens with one attached hydrogen (secondary N) is 2. The first-order valence-corrected chi connectivity index (χ1v) is 8.67. The number of H-pyrrole nitrogens is 1. The summed E-state index contributed by atoms with van der Waals surface area (Å²) in [6, 6.07) is 23.1. The van der Waals surface area contributed by atoms with E-state index in [-0.39, 0.29) is 5.75 Å². The Bertz CT molecular complexity index is 1260.